The second kappa shape index (κ2) is 8.27. The molecule has 0 radical (unpaired) electrons. The second-order valence-corrected chi connectivity index (χ2v) is 8.22. The van der Waals surface area contributed by atoms with Gasteiger partial charge in [0.2, 0.25) is 11.7 Å². The van der Waals surface area contributed by atoms with Crippen LogP contribution in [0, 0.1) is 6.92 Å². The van der Waals surface area contributed by atoms with Gasteiger partial charge in [0.1, 0.15) is 5.69 Å². The number of benzene rings is 1. The molecule has 3 aromatic rings. The van der Waals surface area contributed by atoms with Crippen molar-refractivity contribution >= 4 is 44.7 Å². The fourth-order valence-electron chi connectivity index (χ4n) is 2.76. The first-order valence-electron chi connectivity index (χ1n) is 8.77. The van der Waals surface area contributed by atoms with E-state index in [-0.39, 0.29) is 5.78 Å². The number of aryl methyl sites for hydroxylation is 1. The molecule has 1 aromatic carbocycles. The van der Waals surface area contributed by atoms with Crippen LogP contribution in [-0.2, 0) is 0 Å². The number of carbonyl (C=O) groups excluding carboxylic acids is 1. The Morgan fingerprint density at radius 1 is 1.26 bits per heavy atom. The molecule has 0 aliphatic rings. The number of hydrogen-bond acceptors (Lipinski definition) is 6. The van der Waals surface area contributed by atoms with Gasteiger partial charge in [0.05, 0.1) is 5.69 Å². The Hall–Kier alpha value is -2.12. The van der Waals surface area contributed by atoms with Gasteiger partial charge in [-0.25, -0.2) is 15.0 Å². The Labute approximate surface area is 171 Å². The van der Waals surface area contributed by atoms with Gasteiger partial charge >= 0.3 is 0 Å². The third-order valence-corrected chi connectivity index (χ3v) is 5.60. The number of rotatable bonds is 6. The van der Waals surface area contributed by atoms with Crippen LogP contribution >= 0.6 is 27.3 Å². The number of thiazole rings is 1. The molecule has 0 unspecified atom stereocenters. The van der Waals surface area contributed by atoms with E-state index >= 15 is 0 Å². The summed E-state index contributed by atoms with van der Waals surface area (Å²) < 4.78 is 0.980. The number of halogens is 1. The minimum Gasteiger partial charge on any atom is -0.310 e. The van der Waals surface area contributed by atoms with E-state index in [0.717, 1.165) is 15.9 Å². The first kappa shape index (κ1) is 19.6. The van der Waals surface area contributed by atoms with Crippen molar-refractivity contribution in [2.24, 2.45) is 0 Å². The molecule has 27 heavy (non-hydrogen) atoms. The molecule has 3 rings (SSSR count). The largest absolute Gasteiger partial charge is 0.310 e. The summed E-state index contributed by atoms with van der Waals surface area (Å²) in [5, 5.41) is 2.22. The topological polar surface area (TPSA) is 59.0 Å². The van der Waals surface area contributed by atoms with E-state index in [1.54, 1.807) is 17.6 Å². The summed E-state index contributed by atoms with van der Waals surface area (Å²) in [5.74, 6) is 0.778. The third kappa shape index (κ3) is 4.25. The number of nitrogens with zero attached hydrogens (tertiary/aromatic N) is 4. The molecule has 2 aromatic heterocycles. The van der Waals surface area contributed by atoms with Crippen LogP contribution in [0.5, 0.6) is 0 Å². The molecule has 0 saturated heterocycles. The normalized spacial score (nSPS) is 11.0. The van der Waals surface area contributed by atoms with Crippen LogP contribution in [0.2, 0.25) is 0 Å². The lowest BCUT2D eigenvalue weighted by Gasteiger charge is -2.23. The van der Waals surface area contributed by atoms with Gasteiger partial charge in [0.25, 0.3) is 0 Å². The van der Waals surface area contributed by atoms with Gasteiger partial charge in [-0.2, -0.15) is 0 Å². The number of aromatic nitrogens is 3. The Morgan fingerprint density at radius 3 is 2.63 bits per heavy atom. The molecule has 140 valence electrons. The first-order chi connectivity index (χ1) is 12.9. The summed E-state index contributed by atoms with van der Waals surface area (Å²) in [5.41, 5.74) is 3.33. The van der Waals surface area contributed by atoms with Crippen LogP contribution < -0.4 is 4.90 Å². The summed E-state index contributed by atoms with van der Waals surface area (Å²) in [7, 11) is 0. The van der Waals surface area contributed by atoms with E-state index < -0.39 is 0 Å². The first-order valence-corrected chi connectivity index (χ1v) is 10.4. The molecule has 0 fully saturated rings. The maximum Gasteiger partial charge on any atom is 0.240 e. The molecule has 2 heterocycles. The molecule has 0 aliphatic heterocycles. The number of anilines is 2. The number of ketones is 1. The molecule has 7 heteroatoms. The minimum atomic E-state index is -0.179. The van der Waals surface area contributed by atoms with Crippen LogP contribution in [0.1, 0.15) is 53.4 Å². The standard InChI is InChI=1S/C20H21BrN4OS/c1-5-25(17-7-6-14(12(2)3)11-15(17)21)20-23-13(4)10-16(24-20)18(26)19-22-8-9-27-19/h6-12H,5H2,1-4H3. The van der Waals surface area contributed by atoms with E-state index in [1.807, 2.05) is 18.7 Å². The Balaban J connectivity index is 2.02. The summed E-state index contributed by atoms with van der Waals surface area (Å²) in [6.45, 7) is 8.91. The molecular formula is C20H21BrN4OS. The molecule has 0 spiro atoms. The van der Waals surface area contributed by atoms with Crippen LogP contribution in [0.15, 0.2) is 40.3 Å². The SMILES string of the molecule is CCN(c1nc(C)cc(C(=O)c2nccs2)n1)c1ccc(C(C)C)cc1Br. The predicted molar refractivity (Wildman–Crippen MR) is 113 cm³/mol. The average Bonchev–Trinajstić information content (AvgIpc) is 3.17. The lowest BCUT2D eigenvalue weighted by Crippen LogP contribution is -2.21. The van der Waals surface area contributed by atoms with E-state index in [9.17, 15) is 4.79 Å². The molecular weight excluding hydrogens is 424 g/mol. The smallest absolute Gasteiger partial charge is 0.240 e. The van der Waals surface area contributed by atoms with Gasteiger partial charge in [-0.1, -0.05) is 19.9 Å². The van der Waals surface area contributed by atoms with Gasteiger partial charge in [-0.05, 0) is 59.5 Å². The fourth-order valence-corrected chi connectivity index (χ4v) is 3.95. The molecule has 0 atom stereocenters. The highest BCUT2D eigenvalue weighted by Crippen LogP contribution is 2.33. The highest BCUT2D eigenvalue weighted by molar-refractivity contribution is 9.10. The fraction of sp³-hybridized carbons (Fsp3) is 0.300. The van der Waals surface area contributed by atoms with Crippen molar-refractivity contribution < 1.29 is 4.79 Å². The summed E-state index contributed by atoms with van der Waals surface area (Å²) in [4.78, 5) is 27.9. The van der Waals surface area contributed by atoms with Crippen molar-refractivity contribution in [3.8, 4) is 0 Å². The van der Waals surface area contributed by atoms with Crippen LogP contribution in [-0.4, -0.2) is 27.3 Å². The summed E-state index contributed by atoms with van der Waals surface area (Å²) in [6, 6.07) is 8.01. The number of hydrogen-bond donors (Lipinski definition) is 0. The van der Waals surface area contributed by atoms with E-state index in [4.69, 9.17) is 0 Å². The van der Waals surface area contributed by atoms with Crippen molar-refractivity contribution in [1.82, 2.24) is 15.0 Å². The highest BCUT2D eigenvalue weighted by Gasteiger charge is 2.19. The van der Waals surface area contributed by atoms with Crippen LogP contribution in [0.25, 0.3) is 0 Å². The van der Waals surface area contributed by atoms with E-state index in [0.29, 0.717) is 29.1 Å². The van der Waals surface area contributed by atoms with Gasteiger partial charge in [-0.3, -0.25) is 4.79 Å². The van der Waals surface area contributed by atoms with Crippen molar-refractivity contribution in [2.45, 2.75) is 33.6 Å². The Bertz CT molecular complexity index is 957. The predicted octanol–water partition coefficient (Wildman–Crippen LogP) is 5.52. The zero-order valence-electron chi connectivity index (χ0n) is 15.7. The molecule has 0 saturated carbocycles. The van der Waals surface area contributed by atoms with Gasteiger partial charge in [0, 0.05) is 28.3 Å². The van der Waals surface area contributed by atoms with Gasteiger partial charge in [0.15, 0.2) is 5.01 Å². The molecule has 5 nitrogen and oxygen atoms in total. The maximum atomic E-state index is 12.7. The molecule has 0 amide bonds. The summed E-state index contributed by atoms with van der Waals surface area (Å²) in [6.07, 6.45) is 1.62. The van der Waals surface area contributed by atoms with Crippen molar-refractivity contribution in [2.75, 3.05) is 11.4 Å². The van der Waals surface area contributed by atoms with Crippen molar-refractivity contribution in [1.29, 1.82) is 0 Å². The molecule has 0 aliphatic carbocycles. The van der Waals surface area contributed by atoms with Crippen LogP contribution in [0.3, 0.4) is 0 Å². The van der Waals surface area contributed by atoms with Crippen molar-refractivity contribution in [3.05, 3.63) is 62.3 Å². The highest BCUT2D eigenvalue weighted by atomic mass is 79.9. The quantitative estimate of drug-likeness (QED) is 0.468. The Morgan fingerprint density at radius 2 is 2.04 bits per heavy atom. The van der Waals surface area contributed by atoms with Gasteiger partial charge in [-0.15, -0.1) is 11.3 Å². The average molecular weight is 445 g/mol. The monoisotopic (exact) mass is 444 g/mol. The lowest BCUT2D eigenvalue weighted by molar-refractivity contribution is 0.103. The minimum absolute atomic E-state index is 0.179. The van der Waals surface area contributed by atoms with E-state index in [1.165, 1.54) is 16.9 Å². The van der Waals surface area contributed by atoms with Crippen LogP contribution in [0.4, 0.5) is 11.6 Å². The molecule has 0 bridgehead atoms. The summed E-state index contributed by atoms with van der Waals surface area (Å²) >= 11 is 4.99. The Kier molecular flexibility index (Phi) is 6.01. The second-order valence-electron chi connectivity index (χ2n) is 6.47. The third-order valence-electron chi connectivity index (χ3n) is 4.19. The number of carbonyl (C=O) groups is 1. The van der Waals surface area contributed by atoms with Crippen molar-refractivity contribution in [3.63, 3.8) is 0 Å². The zero-order valence-corrected chi connectivity index (χ0v) is 18.1. The molecule has 0 N–H and O–H groups in total. The lowest BCUT2D eigenvalue weighted by atomic mass is 10.0. The maximum absolute atomic E-state index is 12.7. The zero-order chi connectivity index (χ0) is 19.6. The van der Waals surface area contributed by atoms with E-state index in [2.05, 4.69) is 62.9 Å². The van der Waals surface area contributed by atoms with Gasteiger partial charge < -0.3 is 4.90 Å².